The molecule has 0 spiro atoms. The largest absolute Gasteiger partial charge is 0.370 e. The van der Waals surface area contributed by atoms with Gasteiger partial charge < -0.3 is 75.4 Å². The fraction of sp³-hybridized carbons (Fsp3) is 0.460. The molecule has 0 aliphatic carbocycles. The molecule has 3 heterocycles. The van der Waals surface area contributed by atoms with E-state index in [1.807, 2.05) is 24.3 Å². The monoisotopic (exact) mass is 1040 g/mol. The molecule has 1 aliphatic rings. The Kier molecular flexibility index (Phi) is 22.5. The summed E-state index contributed by atoms with van der Waals surface area (Å²) in [6.07, 6.45) is 5.31. The summed E-state index contributed by atoms with van der Waals surface area (Å²) in [7, 11) is 0. The first kappa shape index (κ1) is 57.5. The van der Waals surface area contributed by atoms with Crippen LogP contribution in [0, 0.1) is 0 Å². The van der Waals surface area contributed by atoms with Gasteiger partial charge in [-0.15, -0.1) is 0 Å². The molecule has 2 aromatic carbocycles. The smallest absolute Gasteiger partial charge is 0.243 e. The summed E-state index contributed by atoms with van der Waals surface area (Å²) in [6.45, 7) is 1.65. The number of aromatic nitrogens is 3. The third-order valence-electron chi connectivity index (χ3n) is 12.4. The van der Waals surface area contributed by atoms with Crippen LogP contribution in [0.5, 0.6) is 0 Å². The summed E-state index contributed by atoms with van der Waals surface area (Å²) in [5, 5.41) is 22.3. The molecule has 5 rings (SSSR count). The molecule has 75 heavy (non-hydrogen) atoms. The molecule has 1 aliphatic heterocycles. The molecule has 0 saturated carbocycles. The molecule has 25 heteroatoms. The average Bonchev–Trinajstić information content (AvgIpc) is 4.05. The van der Waals surface area contributed by atoms with Gasteiger partial charge >= 0.3 is 0 Å². The Bertz CT molecular complexity index is 2600. The second-order valence-electron chi connectivity index (χ2n) is 18.3. The first-order valence-corrected chi connectivity index (χ1v) is 25.0. The van der Waals surface area contributed by atoms with Crippen molar-refractivity contribution in [2.24, 2.45) is 27.9 Å². The third kappa shape index (κ3) is 18.9. The number of hydrogen-bond acceptors (Lipinski definition) is 12. The Hall–Kier alpha value is -8.35. The topological polar surface area (TPSA) is 411 Å². The second kappa shape index (κ2) is 29.4. The van der Waals surface area contributed by atoms with E-state index >= 15 is 0 Å². The number of carbonyl (C=O) groups excluding carboxylic acids is 9. The Morgan fingerprint density at radius 2 is 1.40 bits per heavy atom. The van der Waals surface area contributed by atoms with Gasteiger partial charge in [-0.1, -0.05) is 48.5 Å². The molecule has 9 amide bonds. The first-order chi connectivity index (χ1) is 36.0. The van der Waals surface area contributed by atoms with Crippen LogP contribution in [0.3, 0.4) is 0 Å². The van der Waals surface area contributed by atoms with E-state index < -0.39 is 102 Å². The highest BCUT2D eigenvalue weighted by atomic mass is 16.2. The number of unbranched alkanes of at least 4 members (excludes halogenated alkanes) is 1. The lowest BCUT2D eigenvalue weighted by atomic mass is 10.0. The van der Waals surface area contributed by atoms with Crippen LogP contribution in [0.1, 0.15) is 81.5 Å². The van der Waals surface area contributed by atoms with E-state index in [1.54, 1.807) is 36.5 Å². The van der Waals surface area contributed by atoms with Gasteiger partial charge in [0, 0.05) is 68.3 Å². The number of rotatable bonds is 18. The summed E-state index contributed by atoms with van der Waals surface area (Å²) in [4.78, 5) is 139. The zero-order valence-corrected chi connectivity index (χ0v) is 42.0. The van der Waals surface area contributed by atoms with Gasteiger partial charge in [-0.3, -0.25) is 48.1 Å². The number of primary amides is 1. The van der Waals surface area contributed by atoms with Crippen LogP contribution in [0.25, 0.3) is 10.9 Å². The van der Waals surface area contributed by atoms with Crippen molar-refractivity contribution in [2.45, 2.75) is 126 Å². The number of fused-ring (bicyclic) bond motifs is 1. The summed E-state index contributed by atoms with van der Waals surface area (Å²) in [6, 6.07) is 6.52. The predicted molar refractivity (Wildman–Crippen MR) is 277 cm³/mol. The van der Waals surface area contributed by atoms with E-state index in [1.165, 1.54) is 19.4 Å². The number of imidazole rings is 1. The zero-order valence-electron chi connectivity index (χ0n) is 42.0. The number of aromatic amines is 2. The number of H-pyrrole nitrogens is 2. The molecule has 25 nitrogen and oxygen atoms in total. The summed E-state index contributed by atoms with van der Waals surface area (Å²) >= 11 is 0. The maximum Gasteiger partial charge on any atom is 0.243 e. The van der Waals surface area contributed by atoms with Gasteiger partial charge in [-0.05, 0) is 75.1 Å². The Labute approximate surface area is 433 Å². The Morgan fingerprint density at radius 3 is 2.08 bits per heavy atom. The predicted octanol–water partition coefficient (Wildman–Crippen LogP) is -2.31. The van der Waals surface area contributed by atoms with Gasteiger partial charge in [0.05, 0.1) is 12.7 Å². The SMILES string of the molecule is CC(=O)N[C@@H](CCCCN)C(=O)N[C@H]1CC(=O)NCCCC[C@@H](C(N)=O)NC(=O)[C@H](Cc2c[nH]c3ccccc23)NC(=O)[C@H](CCCN=C(N)N)NC(=O)[C@H](Cc2ccccc2)NC(=O)[C@H](Cc2cnc[nH]2)NC1=O. The lowest BCUT2D eigenvalue weighted by Crippen LogP contribution is -2.61. The molecule has 1 saturated heterocycles. The van der Waals surface area contributed by atoms with Crippen molar-refractivity contribution in [2.75, 3.05) is 19.6 Å². The maximum atomic E-state index is 14.7. The van der Waals surface area contributed by atoms with Crippen LogP contribution >= 0.6 is 0 Å². The van der Waals surface area contributed by atoms with Crippen molar-refractivity contribution in [1.82, 2.24) is 57.5 Å². The molecule has 18 N–H and O–H groups in total. The molecule has 0 unspecified atom stereocenters. The highest BCUT2D eigenvalue weighted by Gasteiger charge is 2.35. The zero-order chi connectivity index (χ0) is 54.3. The third-order valence-corrected chi connectivity index (χ3v) is 12.4. The number of nitrogens with two attached hydrogens (primary N) is 4. The van der Waals surface area contributed by atoms with Crippen LogP contribution in [0.4, 0.5) is 0 Å². The van der Waals surface area contributed by atoms with Crippen LogP contribution in [0.2, 0.25) is 0 Å². The number of nitrogens with one attached hydrogen (secondary N) is 10. The summed E-state index contributed by atoms with van der Waals surface area (Å²) < 4.78 is 0. The van der Waals surface area contributed by atoms with Crippen molar-refractivity contribution in [1.29, 1.82) is 0 Å². The molecule has 0 bridgehead atoms. The van der Waals surface area contributed by atoms with Crippen molar-refractivity contribution in [3.8, 4) is 0 Å². The highest BCUT2D eigenvalue weighted by molar-refractivity contribution is 5.99. The standard InChI is InChI=1S/C50H70N16O9/c1-29(67)60-36(17-7-9-19-51)44(70)66-41-25-42(68)56-20-10-8-16-35(43(52)69)61-47(73)39(23-31-26-58-34-15-6-5-14-33(31)34)64-45(71)37(18-11-21-57-50(53)54)62-46(72)38(22-30-12-3-2-4-13-30)63-48(74)40(65-49(41)75)24-32-27-55-28-59-32/h2-6,12-15,26-28,35-41,58H,7-11,16-25,51H2,1H3,(H2,52,69)(H,55,59)(H,56,68)(H,60,67)(H,61,73)(H,62,72)(H,63,74)(H,64,71)(H,65,75)(H,66,70)(H4,53,54,57)/t35-,36-,37-,38-,39-,40-,41-/m0/s1. The second-order valence-corrected chi connectivity index (χ2v) is 18.3. The van der Waals surface area contributed by atoms with E-state index in [0.29, 0.717) is 36.2 Å². The minimum Gasteiger partial charge on any atom is -0.370 e. The number of guanidine groups is 1. The highest BCUT2D eigenvalue weighted by Crippen LogP contribution is 2.20. The minimum absolute atomic E-state index is 0.0332. The van der Waals surface area contributed by atoms with E-state index in [9.17, 15) is 43.2 Å². The van der Waals surface area contributed by atoms with Crippen molar-refractivity contribution in [3.63, 3.8) is 0 Å². The maximum absolute atomic E-state index is 14.7. The van der Waals surface area contributed by atoms with Crippen LogP contribution < -0.4 is 65.5 Å². The average molecular weight is 1040 g/mol. The number of benzene rings is 2. The molecular weight excluding hydrogens is 969 g/mol. The van der Waals surface area contributed by atoms with Gasteiger partial charge in [0.25, 0.3) is 0 Å². The van der Waals surface area contributed by atoms with Gasteiger partial charge in [0.1, 0.15) is 42.3 Å². The number of hydrogen-bond donors (Lipinski definition) is 14. The van der Waals surface area contributed by atoms with Gasteiger partial charge in [0.2, 0.25) is 53.2 Å². The molecule has 7 atom stereocenters. The van der Waals surface area contributed by atoms with Crippen LogP contribution in [-0.2, 0) is 62.4 Å². The first-order valence-electron chi connectivity index (χ1n) is 25.0. The number of aliphatic imine (C=N–C) groups is 1. The molecular formula is C50H70N16O9. The number of amides is 9. The Morgan fingerprint density at radius 1 is 0.747 bits per heavy atom. The van der Waals surface area contributed by atoms with Gasteiger partial charge in [0.15, 0.2) is 5.96 Å². The van der Waals surface area contributed by atoms with E-state index in [-0.39, 0.29) is 76.8 Å². The van der Waals surface area contributed by atoms with Crippen molar-refractivity contribution >= 4 is 70.0 Å². The summed E-state index contributed by atoms with van der Waals surface area (Å²) in [5.41, 5.74) is 25.1. The minimum atomic E-state index is -1.60. The van der Waals surface area contributed by atoms with E-state index in [4.69, 9.17) is 22.9 Å². The summed E-state index contributed by atoms with van der Waals surface area (Å²) in [5.74, 6) is -7.22. The van der Waals surface area contributed by atoms with Gasteiger partial charge in [-0.25, -0.2) is 4.98 Å². The van der Waals surface area contributed by atoms with Crippen molar-refractivity contribution in [3.05, 3.63) is 90.1 Å². The molecule has 404 valence electrons. The van der Waals surface area contributed by atoms with E-state index in [2.05, 4.69) is 62.5 Å². The van der Waals surface area contributed by atoms with E-state index in [0.717, 1.165) is 10.9 Å². The van der Waals surface area contributed by atoms with Crippen molar-refractivity contribution < 1.29 is 43.2 Å². The molecule has 1 fully saturated rings. The van der Waals surface area contributed by atoms with Gasteiger partial charge in [-0.2, -0.15) is 0 Å². The lowest BCUT2D eigenvalue weighted by Gasteiger charge is -2.28. The molecule has 2 aromatic heterocycles. The normalized spacial score (nSPS) is 21.2. The number of carbonyl (C=O) groups is 9. The Balaban J connectivity index is 1.55. The fourth-order valence-corrected chi connectivity index (χ4v) is 8.48. The lowest BCUT2D eigenvalue weighted by molar-refractivity contribution is -0.136. The fourth-order valence-electron chi connectivity index (χ4n) is 8.48. The quantitative estimate of drug-likeness (QED) is 0.0284. The molecule has 0 radical (unpaired) electrons. The number of para-hydroxylation sites is 1. The molecule has 4 aromatic rings. The van der Waals surface area contributed by atoms with Crippen LogP contribution in [0.15, 0.2) is 78.3 Å². The number of nitrogens with zero attached hydrogens (tertiary/aromatic N) is 2. The van der Waals surface area contributed by atoms with Crippen LogP contribution in [-0.4, -0.2) is 136 Å².